The van der Waals surface area contributed by atoms with Gasteiger partial charge in [0, 0.05) is 10.7 Å². The molecule has 0 spiro atoms. The summed E-state index contributed by atoms with van der Waals surface area (Å²) in [5.74, 6) is 0. The molecule has 1 aliphatic carbocycles. The van der Waals surface area contributed by atoms with Gasteiger partial charge in [0.2, 0.25) is 0 Å². The third-order valence-corrected chi connectivity index (χ3v) is 4.84. The molecule has 1 heterocycles. The maximum atomic E-state index is 4.56. The maximum absolute atomic E-state index is 4.56. The smallest absolute Gasteiger partial charge is 0.0718 e. The van der Waals surface area contributed by atoms with Crippen molar-refractivity contribution in [1.29, 1.82) is 0 Å². The van der Waals surface area contributed by atoms with Crippen LogP contribution in [0.1, 0.15) is 41.8 Å². The van der Waals surface area contributed by atoms with Gasteiger partial charge in [0.15, 0.2) is 0 Å². The Kier molecular flexibility index (Phi) is 4.71. The Morgan fingerprint density at radius 1 is 1.24 bits per heavy atom. The lowest BCUT2D eigenvalue weighted by molar-refractivity contribution is 0.534. The molecule has 2 aromatic rings. The molecule has 1 N–H and O–H groups in total. The molecule has 1 aromatic carbocycles. The van der Waals surface area contributed by atoms with Crippen LogP contribution in [-0.2, 0) is 19.3 Å². The first kappa shape index (κ1) is 14.7. The van der Waals surface area contributed by atoms with E-state index in [1.165, 1.54) is 30.4 Å². The minimum atomic E-state index is 0.255. The van der Waals surface area contributed by atoms with Crippen LogP contribution < -0.4 is 5.32 Å². The molecular weight excluding hydrogens is 324 g/mol. The summed E-state index contributed by atoms with van der Waals surface area (Å²) in [5.41, 5.74) is 5.58. The molecule has 0 saturated heterocycles. The Bertz CT molecular complexity index is 624. The van der Waals surface area contributed by atoms with Gasteiger partial charge >= 0.3 is 0 Å². The summed E-state index contributed by atoms with van der Waals surface area (Å²) >= 11 is 3.63. The highest BCUT2D eigenvalue weighted by Gasteiger charge is 2.17. The van der Waals surface area contributed by atoms with E-state index in [0.29, 0.717) is 0 Å². The van der Waals surface area contributed by atoms with Crippen molar-refractivity contribution in [3.63, 3.8) is 0 Å². The number of hydrogen-bond acceptors (Lipinski definition) is 2. The molecule has 0 amide bonds. The average molecular weight is 345 g/mol. The highest BCUT2D eigenvalue weighted by Crippen LogP contribution is 2.27. The van der Waals surface area contributed by atoms with Crippen molar-refractivity contribution in [1.82, 2.24) is 10.3 Å². The van der Waals surface area contributed by atoms with Crippen molar-refractivity contribution in [2.45, 2.75) is 38.6 Å². The molecule has 0 fully saturated rings. The molecule has 3 rings (SSSR count). The fraction of sp³-hybridized carbons (Fsp3) is 0.389. The van der Waals surface area contributed by atoms with Crippen LogP contribution in [0.25, 0.3) is 0 Å². The van der Waals surface area contributed by atoms with Crippen molar-refractivity contribution < 1.29 is 0 Å². The van der Waals surface area contributed by atoms with E-state index in [4.69, 9.17) is 0 Å². The SMILES string of the molecule is CCNC(Cc1ccc2c(c1)CCC2)c1ncccc1Br. The molecule has 3 heteroatoms. The third kappa shape index (κ3) is 3.35. The second-order valence-corrected chi connectivity index (χ2v) is 6.50. The van der Waals surface area contributed by atoms with Crippen molar-refractivity contribution in [3.8, 4) is 0 Å². The summed E-state index contributed by atoms with van der Waals surface area (Å²) in [6.45, 7) is 3.09. The highest BCUT2D eigenvalue weighted by molar-refractivity contribution is 9.10. The van der Waals surface area contributed by atoms with E-state index in [1.807, 2.05) is 12.3 Å². The quantitative estimate of drug-likeness (QED) is 0.877. The van der Waals surface area contributed by atoms with Gasteiger partial charge in [0.25, 0.3) is 0 Å². The number of aryl methyl sites for hydroxylation is 2. The first-order chi connectivity index (χ1) is 10.3. The molecule has 1 atom stereocenters. The van der Waals surface area contributed by atoms with E-state index in [2.05, 4.69) is 57.4 Å². The average Bonchev–Trinajstić information content (AvgIpc) is 2.95. The number of nitrogens with zero attached hydrogens (tertiary/aromatic N) is 1. The topological polar surface area (TPSA) is 24.9 Å². The van der Waals surface area contributed by atoms with Crippen molar-refractivity contribution in [2.75, 3.05) is 6.54 Å². The van der Waals surface area contributed by atoms with Gasteiger partial charge in [-0.05, 0) is 77.0 Å². The standard InChI is InChI=1S/C18H21BrN2/c1-2-20-17(18-16(19)7-4-10-21-18)12-13-8-9-14-5-3-6-15(14)11-13/h4,7-11,17,20H,2-3,5-6,12H2,1H3. The van der Waals surface area contributed by atoms with Crippen LogP contribution in [-0.4, -0.2) is 11.5 Å². The van der Waals surface area contributed by atoms with E-state index >= 15 is 0 Å². The lowest BCUT2D eigenvalue weighted by Gasteiger charge is -2.19. The summed E-state index contributed by atoms with van der Waals surface area (Å²) in [7, 11) is 0. The summed E-state index contributed by atoms with van der Waals surface area (Å²) in [6.07, 6.45) is 6.64. The predicted octanol–water partition coefficient (Wildman–Crippen LogP) is 4.23. The van der Waals surface area contributed by atoms with E-state index in [9.17, 15) is 0 Å². The van der Waals surface area contributed by atoms with Crippen LogP contribution in [0.3, 0.4) is 0 Å². The first-order valence-corrected chi connectivity index (χ1v) is 8.51. The minimum absolute atomic E-state index is 0.255. The second kappa shape index (κ2) is 6.71. The van der Waals surface area contributed by atoms with Crippen LogP contribution >= 0.6 is 15.9 Å². The number of pyridine rings is 1. The number of likely N-dealkylation sites (N-methyl/N-ethyl adjacent to an activating group) is 1. The number of rotatable bonds is 5. The highest BCUT2D eigenvalue weighted by atomic mass is 79.9. The summed E-state index contributed by atoms with van der Waals surface area (Å²) < 4.78 is 1.08. The minimum Gasteiger partial charge on any atom is -0.309 e. The fourth-order valence-electron chi connectivity index (χ4n) is 3.15. The van der Waals surface area contributed by atoms with Gasteiger partial charge in [-0.25, -0.2) is 0 Å². The Morgan fingerprint density at radius 2 is 2.10 bits per heavy atom. The fourth-order valence-corrected chi connectivity index (χ4v) is 3.69. The largest absolute Gasteiger partial charge is 0.309 e. The van der Waals surface area contributed by atoms with Crippen LogP contribution in [0.15, 0.2) is 41.0 Å². The number of benzene rings is 1. The maximum Gasteiger partial charge on any atom is 0.0718 e. The molecule has 0 radical (unpaired) electrons. The molecule has 110 valence electrons. The van der Waals surface area contributed by atoms with Crippen LogP contribution in [0.5, 0.6) is 0 Å². The second-order valence-electron chi connectivity index (χ2n) is 5.64. The number of hydrogen-bond donors (Lipinski definition) is 1. The van der Waals surface area contributed by atoms with E-state index < -0.39 is 0 Å². The molecule has 0 saturated carbocycles. The Morgan fingerprint density at radius 3 is 2.90 bits per heavy atom. The van der Waals surface area contributed by atoms with Crippen LogP contribution in [0, 0.1) is 0 Å². The van der Waals surface area contributed by atoms with Crippen molar-refractivity contribution >= 4 is 15.9 Å². The summed E-state index contributed by atoms with van der Waals surface area (Å²) in [4.78, 5) is 4.56. The number of halogens is 1. The van der Waals surface area contributed by atoms with Gasteiger partial charge in [-0.1, -0.05) is 25.1 Å². The molecule has 0 bridgehead atoms. The zero-order valence-electron chi connectivity index (χ0n) is 12.4. The molecule has 2 nitrogen and oxygen atoms in total. The predicted molar refractivity (Wildman–Crippen MR) is 90.5 cm³/mol. The van der Waals surface area contributed by atoms with Crippen molar-refractivity contribution in [3.05, 3.63) is 63.4 Å². The van der Waals surface area contributed by atoms with Crippen molar-refractivity contribution in [2.24, 2.45) is 0 Å². The molecule has 1 aliphatic rings. The number of aromatic nitrogens is 1. The van der Waals surface area contributed by atoms with E-state index in [-0.39, 0.29) is 6.04 Å². The zero-order valence-corrected chi connectivity index (χ0v) is 14.0. The van der Waals surface area contributed by atoms with Crippen LogP contribution in [0.2, 0.25) is 0 Å². The third-order valence-electron chi connectivity index (χ3n) is 4.17. The lowest BCUT2D eigenvalue weighted by atomic mass is 9.99. The van der Waals surface area contributed by atoms with Gasteiger partial charge in [-0.2, -0.15) is 0 Å². The summed E-state index contributed by atoms with van der Waals surface area (Å²) in [6, 6.07) is 11.3. The molecule has 0 aliphatic heterocycles. The van der Waals surface area contributed by atoms with E-state index in [0.717, 1.165) is 23.1 Å². The Hall–Kier alpha value is -1.19. The zero-order chi connectivity index (χ0) is 14.7. The Balaban J connectivity index is 1.84. The van der Waals surface area contributed by atoms with Gasteiger partial charge in [0.05, 0.1) is 11.7 Å². The molecule has 21 heavy (non-hydrogen) atoms. The van der Waals surface area contributed by atoms with Crippen LogP contribution in [0.4, 0.5) is 0 Å². The number of fused-ring (bicyclic) bond motifs is 1. The van der Waals surface area contributed by atoms with Gasteiger partial charge < -0.3 is 5.32 Å². The normalized spacial score (nSPS) is 15.0. The molecule has 1 aromatic heterocycles. The monoisotopic (exact) mass is 344 g/mol. The van der Waals surface area contributed by atoms with Gasteiger partial charge in [-0.15, -0.1) is 0 Å². The number of nitrogens with one attached hydrogen (secondary N) is 1. The van der Waals surface area contributed by atoms with E-state index in [1.54, 1.807) is 5.56 Å². The lowest BCUT2D eigenvalue weighted by Crippen LogP contribution is -2.24. The summed E-state index contributed by atoms with van der Waals surface area (Å²) in [5, 5.41) is 3.56. The van der Waals surface area contributed by atoms with Gasteiger partial charge in [-0.3, -0.25) is 4.98 Å². The Labute approximate surface area is 135 Å². The van der Waals surface area contributed by atoms with Gasteiger partial charge in [0.1, 0.15) is 0 Å². The first-order valence-electron chi connectivity index (χ1n) is 7.72. The molecular formula is C18H21BrN2. The molecule has 1 unspecified atom stereocenters.